The van der Waals surface area contributed by atoms with Crippen molar-refractivity contribution in [1.82, 2.24) is 20.0 Å². The molecule has 0 atom stereocenters. The molecule has 2 aromatic heterocycles. The summed E-state index contributed by atoms with van der Waals surface area (Å²) in [6, 6.07) is 2.03. The number of rotatable bonds is 4. The molecule has 0 aliphatic heterocycles. The van der Waals surface area contributed by atoms with Crippen LogP contribution in [0.2, 0.25) is 0 Å². The first kappa shape index (κ1) is 11.1. The molecule has 0 saturated heterocycles. The van der Waals surface area contributed by atoms with E-state index in [2.05, 4.69) is 36.5 Å². The number of hydrogen-bond acceptors (Lipinski definition) is 4. The molecule has 0 aromatic carbocycles. The monoisotopic (exact) mass is 281 g/mol. The molecule has 0 spiro atoms. The fraction of sp³-hybridized carbons (Fsp3) is 0.300. The van der Waals surface area contributed by atoms with Crippen LogP contribution in [0.3, 0.4) is 0 Å². The van der Waals surface area contributed by atoms with Gasteiger partial charge >= 0.3 is 0 Å². The van der Waals surface area contributed by atoms with E-state index in [1.165, 1.54) is 0 Å². The molecule has 0 saturated carbocycles. The van der Waals surface area contributed by atoms with Crippen molar-refractivity contribution in [3.8, 4) is 0 Å². The van der Waals surface area contributed by atoms with Crippen LogP contribution in [0.15, 0.2) is 29.1 Å². The maximum atomic E-state index is 4.29. The Bertz CT molecular complexity index is 454. The molecule has 16 heavy (non-hydrogen) atoms. The number of pyridine rings is 1. The molecule has 0 unspecified atom stereocenters. The maximum absolute atomic E-state index is 4.29. The van der Waals surface area contributed by atoms with Gasteiger partial charge in [-0.15, -0.1) is 5.10 Å². The molecule has 2 rings (SSSR count). The van der Waals surface area contributed by atoms with Crippen molar-refractivity contribution in [2.24, 2.45) is 0 Å². The summed E-state index contributed by atoms with van der Waals surface area (Å²) in [6.45, 7) is 3.54. The lowest BCUT2D eigenvalue weighted by atomic mass is 10.3. The Balaban J connectivity index is 1.90. The molecular formula is C10H12BrN5. The van der Waals surface area contributed by atoms with E-state index in [9.17, 15) is 0 Å². The topological polar surface area (TPSA) is 55.6 Å². The first-order chi connectivity index (χ1) is 7.75. The summed E-state index contributed by atoms with van der Waals surface area (Å²) in [5.41, 5.74) is 1.13. The second-order valence-corrected chi connectivity index (χ2v) is 4.29. The molecular weight excluding hydrogens is 270 g/mol. The van der Waals surface area contributed by atoms with E-state index in [0.29, 0.717) is 0 Å². The Kier molecular flexibility index (Phi) is 3.51. The highest BCUT2D eigenvalue weighted by Crippen LogP contribution is 2.19. The normalized spacial score (nSPS) is 10.4. The standard InChI is InChI=1S/C10H12BrN5/c1-8-6-9(11)10(13-7-8)12-2-4-16-5-3-14-15-16/h3,5-7H,2,4H2,1H3,(H,12,13). The summed E-state index contributed by atoms with van der Waals surface area (Å²) < 4.78 is 2.75. The molecule has 0 fully saturated rings. The van der Waals surface area contributed by atoms with Crippen LogP contribution in [-0.4, -0.2) is 26.5 Å². The van der Waals surface area contributed by atoms with Crippen LogP contribution in [0.25, 0.3) is 0 Å². The summed E-state index contributed by atoms with van der Waals surface area (Å²) in [4.78, 5) is 4.29. The number of aromatic nitrogens is 4. The van der Waals surface area contributed by atoms with Crippen LogP contribution in [0, 0.1) is 6.92 Å². The predicted molar refractivity (Wildman–Crippen MR) is 65.2 cm³/mol. The molecule has 5 nitrogen and oxygen atoms in total. The zero-order valence-electron chi connectivity index (χ0n) is 8.89. The molecule has 0 radical (unpaired) electrons. The van der Waals surface area contributed by atoms with Gasteiger partial charge in [-0.05, 0) is 34.5 Å². The number of halogens is 1. The average Bonchev–Trinajstić information content (AvgIpc) is 2.74. The Hall–Kier alpha value is -1.43. The second-order valence-electron chi connectivity index (χ2n) is 3.44. The van der Waals surface area contributed by atoms with E-state index in [-0.39, 0.29) is 0 Å². The Morgan fingerprint density at radius 2 is 2.38 bits per heavy atom. The SMILES string of the molecule is Cc1cnc(NCCn2ccnn2)c(Br)c1. The molecule has 6 heteroatoms. The average molecular weight is 282 g/mol. The van der Waals surface area contributed by atoms with Gasteiger partial charge in [0.25, 0.3) is 0 Å². The van der Waals surface area contributed by atoms with Crippen LogP contribution in [0.5, 0.6) is 0 Å². The molecule has 0 aliphatic carbocycles. The second kappa shape index (κ2) is 5.07. The van der Waals surface area contributed by atoms with Crippen molar-refractivity contribution in [1.29, 1.82) is 0 Å². The van der Waals surface area contributed by atoms with Crippen LogP contribution in [0.1, 0.15) is 5.56 Å². The van der Waals surface area contributed by atoms with Gasteiger partial charge in [0.05, 0.1) is 17.2 Å². The lowest BCUT2D eigenvalue weighted by Gasteiger charge is -2.07. The first-order valence-electron chi connectivity index (χ1n) is 4.96. The highest BCUT2D eigenvalue weighted by atomic mass is 79.9. The van der Waals surface area contributed by atoms with Crippen molar-refractivity contribution in [3.05, 3.63) is 34.7 Å². The predicted octanol–water partition coefficient (Wildman–Crippen LogP) is 1.86. The van der Waals surface area contributed by atoms with E-state index >= 15 is 0 Å². The minimum Gasteiger partial charge on any atom is -0.367 e. The lowest BCUT2D eigenvalue weighted by Crippen LogP contribution is -2.12. The fourth-order valence-electron chi connectivity index (χ4n) is 1.30. The van der Waals surface area contributed by atoms with Gasteiger partial charge in [-0.2, -0.15) is 0 Å². The lowest BCUT2D eigenvalue weighted by molar-refractivity contribution is 0.608. The zero-order valence-corrected chi connectivity index (χ0v) is 10.5. The molecule has 84 valence electrons. The van der Waals surface area contributed by atoms with E-state index < -0.39 is 0 Å². The van der Waals surface area contributed by atoms with Crippen LogP contribution >= 0.6 is 15.9 Å². The van der Waals surface area contributed by atoms with Crippen LogP contribution < -0.4 is 5.32 Å². The highest BCUT2D eigenvalue weighted by Gasteiger charge is 2.00. The highest BCUT2D eigenvalue weighted by molar-refractivity contribution is 9.10. The zero-order chi connectivity index (χ0) is 11.4. The molecule has 2 aromatic rings. The van der Waals surface area contributed by atoms with Crippen molar-refractivity contribution in [3.63, 3.8) is 0 Å². The summed E-state index contributed by atoms with van der Waals surface area (Å²) in [6.07, 6.45) is 5.34. The van der Waals surface area contributed by atoms with Gasteiger partial charge in [0.1, 0.15) is 5.82 Å². The third-order valence-electron chi connectivity index (χ3n) is 2.08. The summed E-state index contributed by atoms with van der Waals surface area (Å²) >= 11 is 3.47. The van der Waals surface area contributed by atoms with Crippen LogP contribution in [0.4, 0.5) is 5.82 Å². The summed E-state index contributed by atoms with van der Waals surface area (Å²) in [7, 11) is 0. The van der Waals surface area contributed by atoms with Gasteiger partial charge < -0.3 is 5.32 Å². The molecule has 0 bridgehead atoms. The van der Waals surface area contributed by atoms with Crippen molar-refractivity contribution < 1.29 is 0 Å². The Morgan fingerprint density at radius 1 is 1.50 bits per heavy atom. The minimum absolute atomic E-state index is 0.762. The van der Waals surface area contributed by atoms with Gasteiger partial charge in [-0.3, -0.25) is 4.68 Å². The third kappa shape index (κ3) is 2.79. The number of nitrogens with one attached hydrogen (secondary N) is 1. The van der Waals surface area contributed by atoms with Gasteiger partial charge in [-0.25, -0.2) is 4.98 Å². The summed E-state index contributed by atoms with van der Waals surface area (Å²) in [5.74, 6) is 0.853. The fourth-order valence-corrected chi connectivity index (χ4v) is 1.91. The first-order valence-corrected chi connectivity index (χ1v) is 5.75. The molecule has 1 N–H and O–H groups in total. The number of nitrogens with zero attached hydrogens (tertiary/aromatic N) is 4. The van der Waals surface area contributed by atoms with E-state index in [0.717, 1.165) is 28.9 Å². The Labute approximate surface area is 102 Å². The van der Waals surface area contributed by atoms with E-state index in [1.54, 1.807) is 10.9 Å². The van der Waals surface area contributed by atoms with Crippen molar-refractivity contribution >= 4 is 21.7 Å². The van der Waals surface area contributed by atoms with Gasteiger partial charge in [0.2, 0.25) is 0 Å². The van der Waals surface area contributed by atoms with Crippen molar-refractivity contribution in [2.45, 2.75) is 13.5 Å². The third-order valence-corrected chi connectivity index (χ3v) is 2.69. The largest absolute Gasteiger partial charge is 0.367 e. The van der Waals surface area contributed by atoms with Crippen molar-refractivity contribution in [2.75, 3.05) is 11.9 Å². The molecule has 0 amide bonds. The molecule has 2 heterocycles. The van der Waals surface area contributed by atoms with E-state index in [4.69, 9.17) is 0 Å². The van der Waals surface area contributed by atoms with Gasteiger partial charge in [0, 0.05) is 18.9 Å². The van der Waals surface area contributed by atoms with E-state index in [1.807, 2.05) is 25.4 Å². The maximum Gasteiger partial charge on any atom is 0.140 e. The van der Waals surface area contributed by atoms with Gasteiger partial charge in [-0.1, -0.05) is 5.21 Å². The quantitative estimate of drug-likeness (QED) is 0.930. The number of anilines is 1. The Morgan fingerprint density at radius 3 is 3.06 bits per heavy atom. The van der Waals surface area contributed by atoms with Gasteiger partial charge in [0.15, 0.2) is 0 Å². The smallest absolute Gasteiger partial charge is 0.140 e. The number of aryl methyl sites for hydroxylation is 1. The minimum atomic E-state index is 0.762. The summed E-state index contributed by atoms with van der Waals surface area (Å²) in [5, 5.41) is 10.8. The number of hydrogen-bond donors (Lipinski definition) is 1. The van der Waals surface area contributed by atoms with Crippen LogP contribution in [-0.2, 0) is 6.54 Å². The molecule has 0 aliphatic rings.